The van der Waals surface area contributed by atoms with Gasteiger partial charge in [-0.15, -0.1) is 0 Å². The van der Waals surface area contributed by atoms with Crippen molar-refractivity contribution in [3.63, 3.8) is 0 Å². The Bertz CT molecular complexity index is 201. The van der Waals surface area contributed by atoms with Crippen LogP contribution in [0.2, 0.25) is 0 Å². The Labute approximate surface area is 96.8 Å². The number of carbonyl (C=O) groups is 1. The molecule has 88 valence electrons. The fraction of sp³-hybridized carbons (Fsp3) is 0.909. The van der Waals surface area contributed by atoms with Crippen LogP contribution in [0.15, 0.2) is 0 Å². The molecule has 1 fully saturated rings. The molecule has 1 amide bonds. The van der Waals surface area contributed by atoms with Crippen LogP contribution in [-0.4, -0.2) is 41.4 Å². The fourth-order valence-electron chi connectivity index (χ4n) is 1.68. The molecule has 3 nitrogen and oxygen atoms in total. The molecule has 1 rings (SSSR count). The van der Waals surface area contributed by atoms with Crippen molar-refractivity contribution in [2.24, 2.45) is 11.7 Å². The van der Waals surface area contributed by atoms with E-state index < -0.39 is 0 Å². The van der Waals surface area contributed by atoms with E-state index in [0.29, 0.717) is 5.75 Å². The highest BCUT2D eigenvalue weighted by molar-refractivity contribution is 7.99. The predicted molar refractivity (Wildman–Crippen MR) is 66.0 cm³/mol. The summed E-state index contributed by atoms with van der Waals surface area (Å²) in [6.07, 6.45) is 2.31. The highest BCUT2D eigenvalue weighted by Crippen LogP contribution is 2.17. The maximum Gasteiger partial charge on any atom is 0.232 e. The summed E-state index contributed by atoms with van der Waals surface area (Å²) >= 11 is 1.65. The number of piperidine rings is 1. The second-order valence-corrected chi connectivity index (χ2v) is 5.59. The van der Waals surface area contributed by atoms with E-state index in [0.717, 1.165) is 37.6 Å². The summed E-state index contributed by atoms with van der Waals surface area (Å²) in [6, 6.07) is 0.184. The molecule has 0 saturated carbocycles. The monoisotopic (exact) mass is 230 g/mol. The predicted octanol–water partition coefficient (Wildman–Crippen LogP) is 1.33. The van der Waals surface area contributed by atoms with Gasteiger partial charge in [-0.3, -0.25) is 4.79 Å². The number of hydrogen-bond acceptors (Lipinski definition) is 3. The minimum absolute atomic E-state index is 0.184. The van der Waals surface area contributed by atoms with Crippen LogP contribution in [0, 0.1) is 5.92 Å². The number of amides is 1. The summed E-state index contributed by atoms with van der Waals surface area (Å²) in [5.41, 5.74) is 5.63. The third-order valence-corrected chi connectivity index (χ3v) is 3.96. The molecule has 0 aliphatic carbocycles. The van der Waals surface area contributed by atoms with E-state index in [1.807, 2.05) is 11.8 Å². The molecule has 0 aromatic rings. The van der Waals surface area contributed by atoms with Gasteiger partial charge < -0.3 is 10.6 Å². The summed E-state index contributed by atoms with van der Waals surface area (Å²) in [7, 11) is 0. The van der Waals surface area contributed by atoms with Crippen LogP contribution in [0.1, 0.15) is 26.7 Å². The van der Waals surface area contributed by atoms with E-state index in [-0.39, 0.29) is 11.9 Å². The standard InChI is InChI=1S/C11H22N2OS/c1-9-3-5-13(6-4-9)11(14)8-15-7-10(2)12/h9-10H,3-8,12H2,1-2H3. The van der Waals surface area contributed by atoms with E-state index in [2.05, 4.69) is 6.92 Å². The SMILES string of the molecule is CC(N)CSCC(=O)N1CCC(C)CC1. The quantitative estimate of drug-likeness (QED) is 0.792. The first-order valence-corrected chi connectivity index (χ1v) is 6.86. The number of hydrogen-bond donors (Lipinski definition) is 1. The van der Waals surface area contributed by atoms with Gasteiger partial charge in [0.2, 0.25) is 5.91 Å². The van der Waals surface area contributed by atoms with Crippen LogP contribution in [0.5, 0.6) is 0 Å². The number of likely N-dealkylation sites (tertiary alicyclic amines) is 1. The molecule has 0 aromatic heterocycles. The van der Waals surface area contributed by atoms with Crippen molar-refractivity contribution in [1.29, 1.82) is 0 Å². The number of nitrogens with zero attached hydrogens (tertiary/aromatic N) is 1. The molecule has 1 aliphatic heterocycles. The Balaban J connectivity index is 2.17. The zero-order valence-electron chi connectivity index (χ0n) is 9.74. The molecule has 1 heterocycles. The van der Waals surface area contributed by atoms with Gasteiger partial charge in [0, 0.05) is 24.9 Å². The molecular formula is C11H22N2OS. The Kier molecular flexibility index (Phi) is 5.47. The highest BCUT2D eigenvalue weighted by atomic mass is 32.2. The molecule has 15 heavy (non-hydrogen) atoms. The molecule has 0 bridgehead atoms. The molecule has 1 atom stereocenters. The molecule has 1 aliphatic rings. The van der Waals surface area contributed by atoms with E-state index in [1.165, 1.54) is 0 Å². The maximum absolute atomic E-state index is 11.8. The zero-order valence-corrected chi connectivity index (χ0v) is 10.6. The lowest BCUT2D eigenvalue weighted by Crippen LogP contribution is -2.39. The summed E-state index contributed by atoms with van der Waals surface area (Å²) in [6.45, 7) is 6.12. The molecule has 0 spiro atoms. The summed E-state index contributed by atoms with van der Waals surface area (Å²) < 4.78 is 0. The topological polar surface area (TPSA) is 46.3 Å². The summed E-state index contributed by atoms with van der Waals surface area (Å²) in [5, 5.41) is 0. The average molecular weight is 230 g/mol. The van der Waals surface area contributed by atoms with Gasteiger partial charge in [-0.2, -0.15) is 11.8 Å². The fourth-order valence-corrected chi connectivity index (χ4v) is 2.53. The Morgan fingerprint density at radius 3 is 2.67 bits per heavy atom. The average Bonchev–Trinajstić information content (AvgIpc) is 2.18. The van der Waals surface area contributed by atoms with Gasteiger partial charge in [-0.05, 0) is 25.7 Å². The number of rotatable bonds is 4. The summed E-state index contributed by atoms with van der Waals surface area (Å²) in [5.74, 6) is 2.53. The lowest BCUT2D eigenvalue weighted by atomic mass is 9.99. The third-order valence-electron chi connectivity index (χ3n) is 2.74. The van der Waals surface area contributed by atoms with E-state index in [9.17, 15) is 4.79 Å². The van der Waals surface area contributed by atoms with Crippen molar-refractivity contribution < 1.29 is 4.79 Å². The normalized spacial score (nSPS) is 20.3. The number of carbonyl (C=O) groups excluding carboxylic acids is 1. The van der Waals surface area contributed by atoms with Gasteiger partial charge in [-0.25, -0.2) is 0 Å². The van der Waals surface area contributed by atoms with Crippen molar-refractivity contribution in [1.82, 2.24) is 4.90 Å². The smallest absolute Gasteiger partial charge is 0.232 e. The van der Waals surface area contributed by atoms with Gasteiger partial charge in [0.25, 0.3) is 0 Å². The highest BCUT2D eigenvalue weighted by Gasteiger charge is 2.19. The van der Waals surface area contributed by atoms with Gasteiger partial charge in [0.05, 0.1) is 5.75 Å². The van der Waals surface area contributed by atoms with E-state index >= 15 is 0 Å². The van der Waals surface area contributed by atoms with Crippen molar-refractivity contribution in [2.45, 2.75) is 32.7 Å². The molecular weight excluding hydrogens is 208 g/mol. The van der Waals surface area contributed by atoms with Gasteiger partial charge in [-0.1, -0.05) is 6.92 Å². The minimum atomic E-state index is 0.184. The van der Waals surface area contributed by atoms with Crippen LogP contribution in [0.4, 0.5) is 0 Å². The molecule has 4 heteroatoms. The Morgan fingerprint density at radius 2 is 2.13 bits per heavy atom. The zero-order chi connectivity index (χ0) is 11.3. The number of nitrogens with two attached hydrogens (primary N) is 1. The second-order valence-electron chi connectivity index (χ2n) is 4.56. The molecule has 1 unspecified atom stereocenters. The van der Waals surface area contributed by atoms with E-state index in [4.69, 9.17) is 5.73 Å². The van der Waals surface area contributed by atoms with Crippen LogP contribution in [0.25, 0.3) is 0 Å². The Hall–Kier alpha value is -0.220. The first kappa shape index (κ1) is 12.8. The largest absolute Gasteiger partial charge is 0.342 e. The molecule has 2 N–H and O–H groups in total. The van der Waals surface area contributed by atoms with Crippen molar-refractivity contribution >= 4 is 17.7 Å². The Morgan fingerprint density at radius 1 is 1.53 bits per heavy atom. The van der Waals surface area contributed by atoms with Crippen molar-refractivity contribution in [3.05, 3.63) is 0 Å². The van der Waals surface area contributed by atoms with Crippen LogP contribution >= 0.6 is 11.8 Å². The third kappa shape index (κ3) is 4.89. The first-order valence-electron chi connectivity index (χ1n) is 5.70. The van der Waals surface area contributed by atoms with Crippen LogP contribution in [-0.2, 0) is 4.79 Å². The lowest BCUT2D eigenvalue weighted by Gasteiger charge is -2.30. The second kappa shape index (κ2) is 6.38. The van der Waals surface area contributed by atoms with Crippen molar-refractivity contribution in [3.8, 4) is 0 Å². The van der Waals surface area contributed by atoms with Crippen LogP contribution < -0.4 is 5.73 Å². The first-order chi connectivity index (χ1) is 7.09. The molecule has 1 saturated heterocycles. The maximum atomic E-state index is 11.8. The van der Waals surface area contributed by atoms with Gasteiger partial charge in [0.15, 0.2) is 0 Å². The van der Waals surface area contributed by atoms with Crippen LogP contribution in [0.3, 0.4) is 0 Å². The van der Waals surface area contributed by atoms with Gasteiger partial charge >= 0.3 is 0 Å². The minimum Gasteiger partial charge on any atom is -0.342 e. The van der Waals surface area contributed by atoms with Crippen molar-refractivity contribution in [2.75, 3.05) is 24.6 Å². The van der Waals surface area contributed by atoms with E-state index in [1.54, 1.807) is 11.8 Å². The molecule has 0 radical (unpaired) electrons. The van der Waals surface area contributed by atoms with Gasteiger partial charge in [0.1, 0.15) is 0 Å². The lowest BCUT2D eigenvalue weighted by molar-refractivity contribution is -0.129. The molecule has 0 aromatic carbocycles. The summed E-state index contributed by atoms with van der Waals surface area (Å²) in [4.78, 5) is 13.7. The number of thioether (sulfide) groups is 1.